The summed E-state index contributed by atoms with van der Waals surface area (Å²) in [6.45, 7) is 15.0. The SMILES string of the molecule is Cc1ccc(C(C)C)cc1.Cc1ccccc1C.Cc1ccccc1C. The van der Waals surface area contributed by atoms with E-state index in [2.05, 4.69) is 121 Å². The molecule has 0 heteroatoms. The number of hydrogen-bond donors (Lipinski definition) is 0. The summed E-state index contributed by atoms with van der Waals surface area (Å²) in [6, 6.07) is 25.4. The Morgan fingerprint density at radius 2 is 0.769 bits per heavy atom. The van der Waals surface area contributed by atoms with Crippen molar-refractivity contribution in [2.45, 2.75) is 54.4 Å². The first-order chi connectivity index (χ1) is 12.3. The van der Waals surface area contributed by atoms with Crippen molar-refractivity contribution in [3.8, 4) is 0 Å². The van der Waals surface area contributed by atoms with Crippen LogP contribution in [0.3, 0.4) is 0 Å². The van der Waals surface area contributed by atoms with E-state index < -0.39 is 0 Å². The highest BCUT2D eigenvalue weighted by Gasteiger charge is 1.95. The molecule has 0 heterocycles. The Kier molecular flexibility index (Phi) is 9.44. The Balaban J connectivity index is 0.000000197. The Labute approximate surface area is 160 Å². The fraction of sp³-hybridized carbons (Fsp3) is 0.308. The van der Waals surface area contributed by atoms with Crippen LogP contribution in [0.5, 0.6) is 0 Å². The molecule has 3 rings (SSSR count). The highest BCUT2D eigenvalue weighted by molar-refractivity contribution is 5.24. The first-order valence-electron chi connectivity index (χ1n) is 9.42. The molecule has 26 heavy (non-hydrogen) atoms. The summed E-state index contributed by atoms with van der Waals surface area (Å²) in [6.07, 6.45) is 0. The van der Waals surface area contributed by atoms with Crippen LogP contribution in [0.1, 0.15) is 53.1 Å². The molecule has 3 aromatic carbocycles. The lowest BCUT2D eigenvalue weighted by atomic mass is 10.0. The van der Waals surface area contributed by atoms with Crippen LogP contribution in [-0.2, 0) is 0 Å². The van der Waals surface area contributed by atoms with Crippen LogP contribution >= 0.6 is 0 Å². The van der Waals surface area contributed by atoms with Gasteiger partial charge in [-0.15, -0.1) is 0 Å². The van der Waals surface area contributed by atoms with E-state index >= 15 is 0 Å². The zero-order valence-corrected chi connectivity index (χ0v) is 17.5. The second kappa shape index (κ2) is 11.3. The lowest BCUT2D eigenvalue weighted by Gasteiger charge is -2.03. The molecule has 0 amide bonds. The van der Waals surface area contributed by atoms with Crippen molar-refractivity contribution in [1.29, 1.82) is 0 Å². The normalized spacial score (nSPS) is 9.69. The summed E-state index contributed by atoms with van der Waals surface area (Å²) in [7, 11) is 0. The third-order valence-corrected chi connectivity index (χ3v) is 4.60. The van der Waals surface area contributed by atoms with Crippen LogP contribution in [0.4, 0.5) is 0 Å². The lowest BCUT2D eigenvalue weighted by Crippen LogP contribution is -1.85. The van der Waals surface area contributed by atoms with Crippen LogP contribution < -0.4 is 0 Å². The molecular weight excluding hydrogens is 312 g/mol. The maximum atomic E-state index is 2.21. The predicted molar refractivity (Wildman–Crippen MR) is 117 cm³/mol. The van der Waals surface area contributed by atoms with Crippen LogP contribution in [0.2, 0.25) is 0 Å². The number of aryl methyl sites for hydroxylation is 5. The lowest BCUT2D eigenvalue weighted by molar-refractivity contribution is 0.866. The standard InChI is InChI=1S/C10H14.2C8H10/c1-8(2)10-6-4-9(3)5-7-10;2*1-7-5-3-4-6-8(7)2/h4-8H,1-3H3;2*3-6H,1-2H3. The summed E-state index contributed by atoms with van der Waals surface area (Å²) in [4.78, 5) is 0. The fourth-order valence-corrected chi connectivity index (χ4v) is 2.28. The van der Waals surface area contributed by atoms with Gasteiger partial charge in [-0.05, 0) is 68.4 Å². The molecule has 0 aliphatic rings. The van der Waals surface area contributed by atoms with Gasteiger partial charge in [0, 0.05) is 0 Å². The van der Waals surface area contributed by atoms with Crippen molar-refractivity contribution < 1.29 is 0 Å². The Hall–Kier alpha value is -2.34. The van der Waals surface area contributed by atoms with Gasteiger partial charge >= 0.3 is 0 Å². The van der Waals surface area contributed by atoms with Crippen molar-refractivity contribution in [3.63, 3.8) is 0 Å². The van der Waals surface area contributed by atoms with Gasteiger partial charge < -0.3 is 0 Å². The van der Waals surface area contributed by atoms with Gasteiger partial charge in [-0.1, -0.05) is 92.2 Å². The molecule has 0 N–H and O–H groups in total. The van der Waals surface area contributed by atoms with E-state index in [9.17, 15) is 0 Å². The Morgan fingerprint density at radius 3 is 1.00 bits per heavy atom. The van der Waals surface area contributed by atoms with Crippen LogP contribution in [0.15, 0.2) is 72.8 Å². The highest BCUT2D eigenvalue weighted by Crippen LogP contribution is 2.13. The highest BCUT2D eigenvalue weighted by atomic mass is 14.0. The average molecular weight is 347 g/mol. The molecule has 0 saturated carbocycles. The third-order valence-electron chi connectivity index (χ3n) is 4.60. The molecular formula is C26H34. The van der Waals surface area contributed by atoms with Crippen molar-refractivity contribution in [1.82, 2.24) is 0 Å². The van der Waals surface area contributed by atoms with Crippen LogP contribution in [0, 0.1) is 34.6 Å². The third kappa shape index (κ3) is 8.16. The molecule has 0 atom stereocenters. The monoisotopic (exact) mass is 346 g/mol. The molecule has 0 unspecified atom stereocenters. The van der Waals surface area contributed by atoms with E-state index in [4.69, 9.17) is 0 Å². The molecule has 138 valence electrons. The zero-order valence-electron chi connectivity index (χ0n) is 17.5. The number of rotatable bonds is 1. The fourth-order valence-electron chi connectivity index (χ4n) is 2.28. The summed E-state index contributed by atoms with van der Waals surface area (Å²) in [5.74, 6) is 0.653. The van der Waals surface area contributed by atoms with Crippen molar-refractivity contribution >= 4 is 0 Å². The van der Waals surface area contributed by atoms with Crippen LogP contribution in [0.25, 0.3) is 0 Å². The molecule has 3 aromatic rings. The first-order valence-corrected chi connectivity index (χ1v) is 9.42. The van der Waals surface area contributed by atoms with E-state index in [-0.39, 0.29) is 0 Å². The molecule has 0 nitrogen and oxygen atoms in total. The molecule has 0 bridgehead atoms. The smallest absolute Gasteiger partial charge is 0.0219 e. The van der Waals surface area contributed by atoms with Gasteiger partial charge in [-0.3, -0.25) is 0 Å². The first kappa shape index (κ1) is 21.7. The maximum Gasteiger partial charge on any atom is -0.0219 e. The Bertz CT molecular complexity index is 679. The minimum absolute atomic E-state index is 0.653. The van der Waals surface area contributed by atoms with E-state index in [1.54, 1.807) is 0 Å². The van der Waals surface area contributed by atoms with Gasteiger partial charge in [0.1, 0.15) is 0 Å². The van der Waals surface area contributed by atoms with Crippen LogP contribution in [-0.4, -0.2) is 0 Å². The summed E-state index contributed by atoms with van der Waals surface area (Å²) in [5.41, 5.74) is 8.23. The molecule has 0 fully saturated rings. The van der Waals surface area contributed by atoms with Crippen molar-refractivity contribution in [2.24, 2.45) is 0 Å². The quantitative estimate of drug-likeness (QED) is 0.423. The molecule has 0 aliphatic carbocycles. The number of benzene rings is 3. The minimum atomic E-state index is 0.653. The topological polar surface area (TPSA) is 0 Å². The van der Waals surface area contributed by atoms with Crippen molar-refractivity contribution in [2.75, 3.05) is 0 Å². The van der Waals surface area contributed by atoms with Gasteiger partial charge in [0.2, 0.25) is 0 Å². The Morgan fingerprint density at radius 1 is 0.462 bits per heavy atom. The van der Waals surface area contributed by atoms with Gasteiger partial charge in [0.15, 0.2) is 0 Å². The summed E-state index contributed by atoms with van der Waals surface area (Å²) < 4.78 is 0. The van der Waals surface area contributed by atoms with Gasteiger partial charge in [-0.25, -0.2) is 0 Å². The second-order valence-corrected chi connectivity index (χ2v) is 7.23. The summed E-state index contributed by atoms with van der Waals surface area (Å²) >= 11 is 0. The molecule has 0 aliphatic heterocycles. The van der Waals surface area contributed by atoms with E-state index in [1.165, 1.54) is 33.4 Å². The predicted octanol–water partition coefficient (Wildman–Crippen LogP) is 7.73. The second-order valence-electron chi connectivity index (χ2n) is 7.23. The molecule has 0 aromatic heterocycles. The van der Waals surface area contributed by atoms with Gasteiger partial charge in [0.05, 0.1) is 0 Å². The van der Waals surface area contributed by atoms with E-state index in [0.717, 1.165) is 0 Å². The van der Waals surface area contributed by atoms with Gasteiger partial charge in [-0.2, -0.15) is 0 Å². The average Bonchev–Trinajstić information content (AvgIpc) is 2.62. The molecule has 0 saturated heterocycles. The van der Waals surface area contributed by atoms with Crippen molar-refractivity contribution in [3.05, 3.63) is 106 Å². The number of hydrogen-bond acceptors (Lipinski definition) is 0. The van der Waals surface area contributed by atoms with Gasteiger partial charge in [0.25, 0.3) is 0 Å². The maximum absolute atomic E-state index is 2.21. The summed E-state index contributed by atoms with van der Waals surface area (Å²) in [5, 5.41) is 0. The molecule has 0 spiro atoms. The molecule has 0 radical (unpaired) electrons. The zero-order chi connectivity index (χ0) is 19.5. The minimum Gasteiger partial charge on any atom is -0.0620 e. The largest absolute Gasteiger partial charge is 0.0620 e. The van der Waals surface area contributed by atoms with E-state index in [0.29, 0.717) is 5.92 Å². The van der Waals surface area contributed by atoms with E-state index in [1.807, 2.05) is 0 Å².